The van der Waals surface area contributed by atoms with Crippen LogP contribution in [-0.2, 0) is 11.3 Å². The van der Waals surface area contributed by atoms with E-state index < -0.39 is 6.04 Å². The summed E-state index contributed by atoms with van der Waals surface area (Å²) in [6, 6.07) is 14.4. The molecule has 5 rings (SSSR count). The van der Waals surface area contributed by atoms with Crippen molar-refractivity contribution in [2.75, 3.05) is 18.6 Å². The molecule has 2 aliphatic heterocycles. The molecule has 0 saturated carbocycles. The van der Waals surface area contributed by atoms with Crippen molar-refractivity contribution in [1.29, 1.82) is 0 Å². The van der Waals surface area contributed by atoms with Gasteiger partial charge in [0.25, 0.3) is 5.91 Å². The molecule has 0 spiro atoms. The molecule has 8 nitrogen and oxygen atoms in total. The maximum atomic E-state index is 13.8. The highest BCUT2D eigenvalue weighted by atomic mass is 16.5. The number of likely N-dealkylation sites (tertiary alicyclic amines) is 1. The topological polar surface area (TPSA) is 84.9 Å². The zero-order chi connectivity index (χ0) is 22.1. The van der Waals surface area contributed by atoms with Gasteiger partial charge in [-0.25, -0.2) is 4.98 Å². The van der Waals surface area contributed by atoms with E-state index in [0.29, 0.717) is 30.9 Å². The maximum absolute atomic E-state index is 13.8. The first-order valence-electron chi connectivity index (χ1n) is 10.4. The van der Waals surface area contributed by atoms with Crippen LogP contribution in [0.15, 0.2) is 67.1 Å². The molecule has 0 N–H and O–H groups in total. The Morgan fingerprint density at radius 2 is 1.97 bits per heavy atom. The monoisotopic (exact) mass is 430 g/mol. The molecule has 1 fully saturated rings. The van der Waals surface area contributed by atoms with Gasteiger partial charge in [-0.05, 0) is 29.8 Å². The third-order valence-corrected chi connectivity index (χ3v) is 5.81. The van der Waals surface area contributed by atoms with Crippen LogP contribution in [0.3, 0.4) is 0 Å². The number of carbonyl (C=O) groups is 2. The Kier molecular flexibility index (Phi) is 5.18. The zero-order valence-corrected chi connectivity index (χ0v) is 17.5. The average molecular weight is 430 g/mol. The van der Waals surface area contributed by atoms with Crippen LogP contribution in [0, 0.1) is 0 Å². The molecule has 32 heavy (non-hydrogen) atoms. The molecule has 2 amide bonds. The Morgan fingerprint density at radius 3 is 2.72 bits per heavy atom. The zero-order valence-electron chi connectivity index (χ0n) is 17.5. The molecule has 2 bridgehead atoms. The van der Waals surface area contributed by atoms with Gasteiger partial charge in [0.1, 0.15) is 29.3 Å². The molecule has 162 valence electrons. The number of carbonyl (C=O) groups excluding carboxylic acids is 2. The first-order valence-corrected chi connectivity index (χ1v) is 10.4. The Morgan fingerprint density at radius 1 is 1.16 bits per heavy atom. The minimum Gasteiger partial charge on any atom is -0.497 e. The van der Waals surface area contributed by atoms with Crippen molar-refractivity contribution in [1.82, 2.24) is 14.9 Å². The highest BCUT2D eigenvalue weighted by Gasteiger charge is 2.45. The number of benzene rings is 2. The fraction of sp³-hybridized carbons (Fsp3) is 0.250. The van der Waals surface area contributed by atoms with E-state index in [2.05, 4.69) is 9.97 Å². The van der Waals surface area contributed by atoms with Gasteiger partial charge in [-0.1, -0.05) is 24.3 Å². The van der Waals surface area contributed by atoms with Gasteiger partial charge in [0.15, 0.2) is 0 Å². The van der Waals surface area contributed by atoms with Gasteiger partial charge in [-0.2, -0.15) is 0 Å². The molecule has 2 aromatic carbocycles. The van der Waals surface area contributed by atoms with Crippen LogP contribution in [0.25, 0.3) is 0 Å². The lowest BCUT2D eigenvalue weighted by molar-refractivity contribution is -0.122. The summed E-state index contributed by atoms with van der Waals surface area (Å²) in [5.41, 5.74) is 1.84. The SMILES string of the molecule is COc1ccc(CN2C(=O)[C@@H]3C[C@@H](CN3C(=O)c3cnccn3)Oc3ccccc32)cc1. The fourth-order valence-electron chi connectivity index (χ4n) is 4.23. The standard InChI is InChI=1S/C24H22N4O4/c1-31-17-8-6-16(7-9-17)14-27-20-4-2-3-5-22(20)32-18-12-21(24(27)30)28(15-18)23(29)19-13-25-10-11-26-19/h2-11,13,18,21H,12,14-15H2,1H3/t18-,21-/m0/s1. The van der Waals surface area contributed by atoms with Crippen molar-refractivity contribution in [2.24, 2.45) is 0 Å². The van der Waals surface area contributed by atoms with E-state index >= 15 is 0 Å². The van der Waals surface area contributed by atoms with Crippen molar-refractivity contribution in [3.63, 3.8) is 0 Å². The second-order valence-corrected chi connectivity index (χ2v) is 7.78. The quantitative estimate of drug-likeness (QED) is 0.633. The Labute approximate surface area is 185 Å². The molecule has 0 radical (unpaired) electrons. The first kappa shape index (κ1) is 20.0. The number of nitrogens with zero attached hydrogens (tertiary/aromatic N) is 4. The number of hydrogen-bond donors (Lipinski definition) is 0. The molecule has 0 unspecified atom stereocenters. The number of fused-ring (bicyclic) bond motifs is 3. The van der Waals surface area contributed by atoms with Gasteiger partial charge < -0.3 is 19.3 Å². The average Bonchev–Trinajstić information content (AvgIpc) is 3.27. The number of amides is 2. The van der Waals surface area contributed by atoms with Crippen LogP contribution >= 0.6 is 0 Å². The minimum atomic E-state index is -0.638. The number of rotatable bonds is 4. The number of ether oxygens (including phenoxy) is 2. The van der Waals surface area contributed by atoms with Crippen LogP contribution < -0.4 is 14.4 Å². The van der Waals surface area contributed by atoms with Gasteiger partial charge in [0.05, 0.1) is 32.1 Å². The van der Waals surface area contributed by atoms with E-state index in [1.807, 2.05) is 48.5 Å². The van der Waals surface area contributed by atoms with Crippen LogP contribution in [0.5, 0.6) is 11.5 Å². The normalized spacial score (nSPS) is 19.6. The summed E-state index contributed by atoms with van der Waals surface area (Å²) in [4.78, 5) is 38.3. The fourth-order valence-corrected chi connectivity index (χ4v) is 4.23. The summed E-state index contributed by atoms with van der Waals surface area (Å²) < 4.78 is 11.5. The lowest BCUT2D eigenvalue weighted by atomic mass is 10.1. The second kappa shape index (κ2) is 8.30. The third-order valence-electron chi connectivity index (χ3n) is 5.81. The van der Waals surface area contributed by atoms with Crippen LogP contribution in [0.1, 0.15) is 22.5 Å². The Bertz CT molecular complexity index is 1140. The molecule has 1 saturated heterocycles. The van der Waals surface area contributed by atoms with Crippen molar-refractivity contribution in [3.8, 4) is 11.5 Å². The number of methoxy groups -OCH3 is 1. The van der Waals surface area contributed by atoms with E-state index in [9.17, 15) is 9.59 Å². The van der Waals surface area contributed by atoms with Gasteiger partial charge in [-0.3, -0.25) is 14.6 Å². The minimum absolute atomic E-state index is 0.142. The number of hydrogen-bond acceptors (Lipinski definition) is 6. The molecule has 0 aliphatic carbocycles. The van der Waals surface area contributed by atoms with Crippen molar-refractivity contribution >= 4 is 17.5 Å². The van der Waals surface area contributed by atoms with Gasteiger partial charge in [-0.15, -0.1) is 0 Å². The Hall–Kier alpha value is -3.94. The van der Waals surface area contributed by atoms with E-state index in [1.165, 1.54) is 18.6 Å². The number of aromatic nitrogens is 2. The molecule has 2 atom stereocenters. The second-order valence-electron chi connectivity index (χ2n) is 7.78. The summed E-state index contributed by atoms with van der Waals surface area (Å²) in [5, 5.41) is 0. The summed E-state index contributed by atoms with van der Waals surface area (Å²) >= 11 is 0. The van der Waals surface area contributed by atoms with Crippen molar-refractivity contribution in [3.05, 3.63) is 78.4 Å². The summed E-state index contributed by atoms with van der Waals surface area (Å²) in [6.45, 7) is 0.661. The smallest absolute Gasteiger partial charge is 0.274 e. The predicted octanol–water partition coefficient (Wildman–Crippen LogP) is 2.69. The molecule has 2 aliphatic rings. The molecular weight excluding hydrogens is 408 g/mol. The van der Waals surface area contributed by atoms with E-state index in [4.69, 9.17) is 9.47 Å². The van der Waals surface area contributed by atoms with Crippen LogP contribution in [-0.4, -0.2) is 52.5 Å². The molecule has 1 aromatic heterocycles. The van der Waals surface area contributed by atoms with Crippen molar-refractivity contribution in [2.45, 2.75) is 25.1 Å². The van der Waals surface area contributed by atoms with Gasteiger partial charge >= 0.3 is 0 Å². The predicted molar refractivity (Wildman–Crippen MR) is 117 cm³/mol. The van der Waals surface area contributed by atoms with Crippen LogP contribution in [0.2, 0.25) is 0 Å². The van der Waals surface area contributed by atoms with E-state index in [-0.39, 0.29) is 23.6 Å². The number of para-hydroxylation sites is 2. The summed E-state index contributed by atoms with van der Waals surface area (Å²) in [6.07, 6.45) is 4.56. The number of anilines is 1. The summed E-state index contributed by atoms with van der Waals surface area (Å²) in [5.74, 6) is 0.914. The molecule has 3 aromatic rings. The summed E-state index contributed by atoms with van der Waals surface area (Å²) in [7, 11) is 1.61. The molecular formula is C24H22N4O4. The largest absolute Gasteiger partial charge is 0.497 e. The van der Waals surface area contributed by atoms with E-state index in [0.717, 1.165) is 11.3 Å². The van der Waals surface area contributed by atoms with Gasteiger partial charge in [0.2, 0.25) is 5.91 Å². The highest BCUT2D eigenvalue weighted by Crippen LogP contribution is 2.37. The highest BCUT2D eigenvalue weighted by molar-refractivity contribution is 6.03. The maximum Gasteiger partial charge on any atom is 0.274 e. The lowest BCUT2D eigenvalue weighted by Gasteiger charge is -2.31. The first-order chi connectivity index (χ1) is 15.6. The third kappa shape index (κ3) is 3.64. The Balaban J connectivity index is 1.50. The molecule has 3 heterocycles. The lowest BCUT2D eigenvalue weighted by Crippen LogP contribution is -2.48. The van der Waals surface area contributed by atoms with Crippen molar-refractivity contribution < 1.29 is 19.1 Å². The van der Waals surface area contributed by atoms with Gasteiger partial charge in [0, 0.05) is 18.8 Å². The molecule has 8 heteroatoms. The van der Waals surface area contributed by atoms with E-state index in [1.54, 1.807) is 16.9 Å². The van der Waals surface area contributed by atoms with Crippen LogP contribution in [0.4, 0.5) is 5.69 Å².